The summed E-state index contributed by atoms with van der Waals surface area (Å²) in [7, 11) is 0. The van der Waals surface area contributed by atoms with Crippen LogP contribution in [0.15, 0.2) is 12.1 Å². The van der Waals surface area contributed by atoms with E-state index >= 15 is 0 Å². The van der Waals surface area contributed by atoms with Gasteiger partial charge < -0.3 is 20.3 Å². The van der Waals surface area contributed by atoms with Gasteiger partial charge in [0.15, 0.2) is 18.1 Å². The Bertz CT molecular complexity index is 459. The monoisotopic (exact) mass is 251 g/mol. The topological polar surface area (TPSA) is 81.8 Å². The zero-order valence-electron chi connectivity index (χ0n) is 10.3. The molecule has 5 nitrogen and oxygen atoms in total. The van der Waals surface area contributed by atoms with Gasteiger partial charge in [-0.05, 0) is 31.4 Å². The predicted molar refractivity (Wildman–Crippen MR) is 66.1 cm³/mol. The van der Waals surface area contributed by atoms with Gasteiger partial charge in [0.2, 0.25) is 0 Å². The fraction of sp³-hybridized carbons (Fsp3) is 0.462. The summed E-state index contributed by atoms with van der Waals surface area (Å²) in [6.07, 6.45) is 1.57. The first-order valence-electron chi connectivity index (χ1n) is 5.99. The molecule has 0 aliphatic heterocycles. The molecule has 98 valence electrons. The highest BCUT2D eigenvalue weighted by atomic mass is 16.5. The highest BCUT2D eigenvalue weighted by molar-refractivity contribution is 5.68. The molecule has 1 atom stereocenters. The second-order valence-corrected chi connectivity index (χ2v) is 4.31. The SMILES string of the molecule is CCOc1c(OCC(=O)O)ccc2c1CC(N)C2. The lowest BCUT2D eigenvalue weighted by Crippen LogP contribution is -2.19. The van der Waals surface area contributed by atoms with Crippen LogP contribution < -0.4 is 15.2 Å². The summed E-state index contributed by atoms with van der Waals surface area (Å²) in [6.45, 7) is 2.02. The minimum atomic E-state index is -1.00. The van der Waals surface area contributed by atoms with E-state index in [9.17, 15) is 4.79 Å². The number of benzene rings is 1. The van der Waals surface area contributed by atoms with Crippen molar-refractivity contribution in [2.75, 3.05) is 13.2 Å². The second-order valence-electron chi connectivity index (χ2n) is 4.31. The van der Waals surface area contributed by atoms with Crippen molar-refractivity contribution in [3.63, 3.8) is 0 Å². The Morgan fingerprint density at radius 1 is 1.44 bits per heavy atom. The molecule has 2 rings (SSSR count). The number of rotatable bonds is 5. The van der Waals surface area contributed by atoms with Gasteiger partial charge in [0, 0.05) is 11.6 Å². The summed E-state index contributed by atoms with van der Waals surface area (Å²) >= 11 is 0. The molecule has 1 aromatic rings. The van der Waals surface area contributed by atoms with E-state index in [1.54, 1.807) is 6.07 Å². The minimum absolute atomic E-state index is 0.105. The van der Waals surface area contributed by atoms with Crippen LogP contribution in [0.5, 0.6) is 11.5 Å². The first kappa shape index (κ1) is 12.7. The van der Waals surface area contributed by atoms with Gasteiger partial charge in [-0.15, -0.1) is 0 Å². The van der Waals surface area contributed by atoms with Crippen molar-refractivity contribution in [1.82, 2.24) is 0 Å². The highest BCUT2D eigenvalue weighted by Crippen LogP contribution is 2.38. The van der Waals surface area contributed by atoms with Gasteiger partial charge >= 0.3 is 5.97 Å². The Balaban J connectivity index is 2.29. The molecule has 0 saturated heterocycles. The molecular weight excluding hydrogens is 234 g/mol. The van der Waals surface area contributed by atoms with Crippen LogP contribution in [-0.4, -0.2) is 30.3 Å². The molecule has 0 aromatic heterocycles. The Labute approximate surface area is 106 Å². The van der Waals surface area contributed by atoms with E-state index in [4.69, 9.17) is 20.3 Å². The average molecular weight is 251 g/mol. The number of hydrogen-bond acceptors (Lipinski definition) is 4. The van der Waals surface area contributed by atoms with Crippen molar-refractivity contribution in [3.05, 3.63) is 23.3 Å². The van der Waals surface area contributed by atoms with Gasteiger partial charge in [0.1, 0.15) is 0 Å². The number of nitrogens with two attached hydrogens (primary N) is 1. The summed E-state index contributed by atoms with van der Waals surface area (Å²) in [5.41, 5.74) is 8.14. The Morgan fingerprint density at radius 2 is 2.22 bits per heavy atom. The average Bonchev–Trinajstić information content (AvgIpc) is 2.69. The van der Waals surface area contributed by atoms with E-state index in [0.29, 0.717) is 18.1 Å². The quantitative estimate of drug-likeness (QED) is 0.815. The van der Waals surface area contributed by atoms with Crippen LogP contribution in [0.2, 0.25) is 0 Å². The molecule has 0 spiro atoms. The first-order valence-corrected chi connectivity index (χ1v) is 5.99. The molecule has 0 fully saturated rings. The molecule has 0 amide bonds. The lowest BCUT2D eigenvalue weighted by Gasteiger charge is -2.14. The third kappa shape index (κ3) is 2.56. The van der Waals surface area contributed by atoms with Crippen LogP contribution in [0.4, 0.5) is 0 Å². The smallest absolute Gasteiger partial charge is 0.341 e. The van der Waals surface area contributed by atoms with Gasteiger partial charge in [0.25, 0.3) is 0 Å². The number of ether oxygens (including phenoxy) is 2. The zero-order chi connectivity index (χ0) is 13.1. The lowest BCUT2D eigenvalue weighted by atomic mass is 10.1. The number of aliphatic carboxylic acids is 1. The van der Waals surface area contributed by atoms with E-state index in [1.807, 2.05) is 13.0 Å². The third-order valence-electron chi connectivity index (χ3n) is 2.91. The van der Waals surface area contributed by atoms with Gasteiger partial charge in [-0.2, -0.15) is 0 Å². The maximum atomic E-state index is 10.5. The van der Waals surface area contributed by atoms with E-state index in [-0.39, 0.29) is 12.6 Å². The van der Waals surface area contributed by atoms with E-state index < -0.39 is 5.97 Å². The molecule has 0 bridgehead atoms. The molecule has 1 aliphatic rings. The molecule has 3 N–H and O–H groups in total. The number of carbonyl (C=O) groups is 1. The van der Waals surface area contributed by atoms with Crippen molar-refractivity contribution in [3.8, 4) is 11.5 Å². The zero-order valence-corrected chi connectivity index (χ0v) is 10.3. The molecule has 0 radical (unpaired) electrons. The molecule has 1 aliphatic carbocycles. The summed E-state index contributed by atoms with van der Waals surface area (Å²) in [4.78, 5) is 10.5. The highest BCUT2D eigenvalue weighted by Gasteiger charge is 2.24. The molecule has 1 unspecified atom stereocenters. The first-order chi connectivity index (χ1) is 8.61. The minimum Gasteiger partial charge on any atom is -0.490 e. The fourth-order valence-corrected chi connectivity index (χ4v) is 2.23. The van der Waals surface area contributed by atoms with Gasteiger partial charge in [-0.3, -0.25) is 0 Å². The molecule has 18 heavy (non-hydrogen) atoms. The normalized spacial score (nSPS) is 17.3. The van der Waals surface area contributed by atoms with Crippen molar-refractivity contribution in [2.24, 2.45) is 5.73 Å². The fourth-order valence-electron chi connectivity index (χ4n) is 2.23. The van der Waals surface area contributed by atoms with Crippen molar-refractivity contribution in [1.29, 1.82) is 0 Å². The summed E-state index contributed by atoms with van der Waals surface area (Å²) in [6, 6.07) is 3.79. The van der Waals surface area contributed by atoms with Crippen molar-refractivity contribution in [2.45, 2.75) is 25.8 Å². The molecule has 5 heteroatoms. The Kier molecular flexibility index (Phi) is 3.72. The summed E-state index contributed by atoms with van der Waals surface area (Å²) < 4.78 is 10.8. The Morgan fingerprint density at radius 3 is 2.89 bits per heavy atom. The molecule has 0 heterocycles. The number of hydrogen-bond donors (Lipinski definition) is 2. The van der Waals surface area contributed by atoms with Gasteiger partial charge in [0.05, 0.1) is 6.61 Å². The number of carboxylic acid groups (broad SMARTS) is 1. The maximum Gasteiger partial charge on any atom is 0.341 e. The van der Waals surface area contributed by atoms with Crippen LogP contribution in [0.1, 0.15) is 18.1 Å². The number of carboxylic acids is 1. The lowest BCUT2D eigenvalue weighted by molar-refractivity contribution is -0.139. The van der Waals surface area contributed by atoms with Gasteiger partial charge in [-0.1, -0.05) is 6.07 Å². The van der Waals surface area contributed by atoms with Gasteiger partial charge in [-0.25, -0.2) is 4.79 Å². The predicted octanol–water partition coefficient (Wildman–Crippen LogP) is 0.975. The van der Waals surface area contributed by atoms with Crippen molar-refractivity contribution >= 4 is 5.97 Å². The molecular formula is C13H17NO4. The van der Waals surface area contributed by atoms with Crippen LogP contribution in [0.25, 0.3) is 0 Å². The summed E-state index contributed by atoms with van der Waals surface area (Å²) in [5.74, 6) is 0.117. The van der Waals surface area contributed by atoms with Crippen LogP contribution in [0, 0.1) is 0 Å². The van der Waals surface area contributed by atoms with Crippen LogP contribution >= 0.6 is 0 Å². The van der Waals surface area contributed by atoms with Crippen LogP contribution in [-0.2, 0) is 17.6 Å². The second kappa shape index (κ2) is 5.27. The Hall–Kier alpha value is -1.75. The van der Waals surface area contributed by atoms with Crippen molar-refractivity contribution < 1.29 is 19.4 Å². The molecule has 1 aromatic carbocycles. The third-order valence-corrected chi connectivity index (χ3v) is 2.91. The maximum absolute atomic E-state index is 10.5. The molecule has 0 saturated carbocycles. The largest absolute Gasteiger partial charge is 0.490 e. The van der Waals surface area contributed by atoms with Crippen LogP contribution in [0.3, 0.4) is 0 Å². The van der Waals surface area contributed by atoms with E-state index in [2.05, 4.69) is 0 Å². The van der Waals surface area contributed by atoms with E-state index in [0.717, 1.165) is 24.0 Å². The number of fused-ring (bicyclic) bond motifs is 1. The van der Waals surface area contributed by atoms with E-state index in [1.165, 1.54) is 0 Å². The summed E-state index contributed by atoms with van der Waals surface area (Å²) in [5, 5.41) is 8.65. The standard InChI is InChI=1S/C13H17NO4/c1-2-17-13-10-6-9(14)5-8(10)3-4-11(13)18-7-12(15)16/h3-4,9H,2,5-7,14H2,1H3,(H,15,16).